The normalized spacial score (nSPS) is 20.4. The molecule has 1 fully saturated rings. The number of hydrogen-bond donors (Lipinski definition) is 0. The first-order valence-electron chi connectivity index (χ1n) is 5.46. The third kappa shape index (κ3) is 3.41. The van der Waals surface area contributed by atoms with Crippen molar-refractivity contribution in [2.75, 3.05) is 0 Å². The molecule has 11 heavy (non-hydrogen) atoms. The molecule has 0 atom stereocenters. The van der Waals surface area contributed by atoms with Crippen LogP contribution in [0.5, 0.6) is 0 Å². The van der Waals surface area contributed by atoms with Gasteiger partial charge >= 0.3 is 0 Å². The van der Waals surface area contributed by atoms with Crippen molar-refractivity contribution in [3.8, 4) is 0 Å². The van der Waals surface area contributed by atoms with Crippen LogP contribution < -0.4 is 0 Å². The molecule has 0 nitrogen and oxygen atoms in total. The third-order valence-electron chi connectivity index (χ3n) is 1.95. The molecule has 0 aromatic rings. The van der Waals surface area contributed by atoms with Gasteiger partial charge in [-0.1, -0.05) is 29.7 Å². The van der Waals surface area contributed by atoms with Crippen LogP contribution in [0.3, 0.4) is 0 Å². The van der Waals surface area contributed by atoms with E-state index >= 15 is 0 Å². The van der Waals surface area contributed by atoms with Crippen molar-refractivity contribution in [1.82, 2.24) is 0 Å². The summed E-state index contributed by atoms with van der Waals surface area (Å²) < 4.78 is 15.5. The van der Waals surface area contributed by atoms with E-state index in [4.69, 9.17) is 2.74 Å². The molecule has 0 bridgehead atoms. The van der Waals surface area contributed by atoms with Gasteiger partial charge in [-0.3, -0.25) is 0 Å². The van der Waals surface area contributed by atoms with Crippen LogP contribution >= 0.6 is 0 Å². The average molecular weight is 152 g/mol. The van der Waals surface area contributed by atoms with Crippen LogP contribution in [0.1, 0.15) is 48.7 Å². The Labute approximate surface area is 72.8 Å². The molecule has 0 spiro atoms. The predicted molar refractivity (Wildman–Crippen MR) is 50.6 cm³/mol. The van der Waals surface area contributed by atoms with Gasteiger partial charge in [-0.25, -0.2) is 0 Å². The highest BCUT2D eigenvalue weighted by atomic mass is 14.1. The third-order valence-corrected chi connectivity index (χ3v) is 1.95. The van der Waals surface area contributed by atoms with Gasteiger partial charge in [-0.15, -0.1) is 0 Å². The van der Waals surface area contributed by atoms with Crippen molar-refractivity contribution in [2.45, 2.75) is 46.0 Å². The van der Waals surface area contributed by atoms with Crippen LogP contribution in [-0.4, -0.2) is 0 Å². The zero-order valence-corrected chi connectivity index (χ0v) is 7.54. The summed E-state index contributed by atoms with van der Waals surface area (Å²) >= 11 is 0. The minimum absolute atomic E-state index is 0.428. The molecule has 1 aliphatic carbocycles. The Morgan fingerprint density at radius 2 is 1.91 bits per heavy atom. The second-order valence-corrected chi connectivity index (χ2v) is 3.41. The Hall–Kier alpha value is -0.520. The van der Waals surface area contributed by atoms with Crippen LogP contribution in [0, 0.1) is 0 Å². The molecule has 62 valence electrons. The van der Waals surface area contributed by atoms with E-state index in [1.54, 1.807) is 0 Å². The molecular formula is C11H18. The van der Waals surface area contributed by atoms with Crippen molar-refractivity contribution >= 4 is 0 Å². The Balaban J connectivity index is 2.83. The fourth-order valence-electron chi connectivity index (χ4n) is 1.32. The van der Waals surface area contributed by atoms with Gasteiger partial charge in [0.25, 0.3) is 0 Å². The van der Waals surface area contributed by atoms with Crippen molar-refractivity contribution in [2.24, 2.45) is 0 Å². The van der Waals surface area contributed by atoms with Gasteiger partial charge in [0.15, 0.2) is 0 Å². The van der Waals surface area contributed by atoms with Crippen LogP contribution in [-0.2, 0) is 0 Å². The second-order valence-electron chi connectivity index (χ2n) is 3.41. The minimum atomic E-state index is 0.428. The molecule has 0 amide bonds. The topological polar surface area (TPSA) is 0 Å². The molecule has 1 rings (SSSR count). The van der Waals surface area contributed by atoms with Crippen LogP contribution in [0.4, 0.5) is 0 Å². The summed E-state index contributed by atoms with van der Waals surface area (Å²) in [5.74, 6) is 0. The lowest BCUT2D eigenvalue weighted by Crippen LogP contribution is -1.92. The summed E-state index contributed by atoms with van der Waals surface area (Å²) in [6.45, 7) is 3.81. The molecule has 0 aromatic heterocycles. The second kappa shape index (κ2) is 4.38. The van der Waals surface area contributed by atoms with E-state index in [9.17, 15) is 0 Å². The molecule has 0 heteroatoms. The Kier molecular flexibility index (Phi) is 2.41. The smallest absolute Gasteiger partial charge is 0.0622 e. The van der Waals surface area contributed by atoms with Crippen LogP contribution in [0.25, 0.3) is 0 Å². The summed E-state index contributed by atoms with van der Waals surface area (Å²) in [5.41, 5.74) is 2.14. The highest BCUT2D eigenvalue weighted by Gasteiger charge is 2.02. The summed E-state index contributed by atoms with van der Waals surface area (Å²) in [6.07, 6.45) is 5.77. The molecule has 0 radical (unpaired) electrons. The molecule has 0 aromatic carbocycles. The summed E-state index contributed by atoms with van der Waals surface area (Å²) in [7, 11) is 0. The van der Waals surface area contributed by atoms with Crippen molar-refractivity contribution in [3.05, 3.63) is 23.3 Å². The first-order chi connectivity index (χ1) is 6.13. The highest BCUT2D eigenvalue weighted by molar-refractivity contribution is 5.16. The number of allylic oxidation sites excluding steroid dienone is 4. The molecule has 1 aliphatic rings. The molecule has 0 N–H and O–H groups in total. The molecule has 0 heterocycles. The van der Waals surface area contributed by atoms with Crippen LogP contribution in [0.2, 0.25) is 0 Å². The monoisotopic (exact) mass is 152 g/mol. The zero-order chi connectivity index (χ0) is 9.84. The first-order valence-corrected chi connectivity index (χ1v) is 4.46. The largest absolute Gasteiger partial charge is 0.0764 e. The van der Waals surface area contributed by atoms with Crippen molar-refractivity contribution < 1.29 is 2.74 Å². The summed E-state index contributed by atoms with van der Waals surface area (Å²) in [4.78, 5) is 0. The van der Waals surface area contributed by atoms with E-state index in [-0.39, 0.29) is 0 Å². The quantitative estimate of drug-likeness (QED) is 0.535. The Morgan fingerprint density at radius 3 is 2.45 bits per heavy atom. The Bertz CT molecular complexity index is 237. The lowest BCUT2D eigenvalue weighted by Gasteiger charge is -2.12. The summed E-state index contributed by atoms with van der Waals surface area (Å²) in [5, 5.41) is 0. The first kappa shape index (κ1) is 6.05. The van der Waals surface area contributed by atoms with Gasteiger partial charge in [0.2, 0.25) is 0 Å². The molecule has 1 saturated carbocycles. The van der Waals surface area contributed by atoms with E-state index in [1.165, 1.54) is 24.8 Å². The molecular weight excluding hydrogens is 132 g/mol. The van der Waals surface area contributed by atoms with Crippen molar-refractivity contribution in [3.63, 3.8) is 0 Å². The van der Waals surface area contributed by atoms with Crippen molar-refractivity contribution in [1.29, 1.82) is 0 Å². The molecule has 0 unspecified atom stereocenters. The maximum atomic E-state index is 7.84. The number of rotatable bonds is 1. The average Bonchev–Trinajstić information content (AvgIpc) is 2.17. The van der Waals surface area contributed by atoms with E-state index in [1.807, 2.05) is 13.8 Å². The predicted octanol–water partition coefficient (Wildman–Crippen LogP) is 3.84. The number of hydrogen-bond acceptors (Lipinski definition) is 0. The van der Waals surface area contributed by atoms with Gasteiger partial charge in [0, 0.05) is 0 Å². The van der Waals surface area contributed by atoms with E-state index < -0.39 is 0 Å². The molecule has 0 aliphatic heterocycles. The van der Waals surface area contributed by atoms with Gasteiger partial charge in [-0.2, -0.15) is 0 Å². The standard InChI is InChI=1S/C11H18/c1-10(2)8-9-11-6-4-3-5-7-11/h8-9H,3-7H2,1-2H3/i8D,9D. The fourth-order valence-corrected chi connectivity index (χ4v) is 1.32. The van der Waals surface area contributed by atoms with Gasteiger partial charge in [0.1, 0.15) is 0 Å². The Morgan fingerprint density at radius 1 is 1.27 bits per heavy atom. The van der Waals surface area contributed by atoms with E-state index in [0.717, 1.165) is 18.4 Å². The van der Waals surface area contributed by atoms with Gasteiger partial charge in [0.05, 0.1) is 2.74 Å². The summed E-state index contributed by atoms with van der Waals surface area (Å²) in [6, 6.07) is 0.914. The lowest BCUT2D eigenvalue weighted by molar-refractivity contribution is 0.599. The molecule has 0 saturated heterocycles. The highest BCUT2D eigenvalue weighted by Crippen LogP contribution is 2.22. The maximum Gasteiger partial charge on any atom is 0.0622 e. The minimum Gasteiger partial charge on any atom is -0.0764 e. The van der Waals surface area contributed by atoms with Gasteiger partial charge in [-0.05, 0) is 39.5 Å². The fraction of sp³-hybridized carbons (Fsp3) is 0.636. The SMILES string of the molecule is [2H]C(=C(C)C)C([2H])=C1CCCCC1. The zero-order valence-electron chi connectivity index (χ0n) is 9.54. The van der Waals surface area contributed by atoms with E-state index in [0.29, 0.717) is 12.1 Å². The lowest BCUT2D eigenvalue weighted by atomic mass is 9.94. The van der Waals surface area contributed by atoms with Crippen LogP contribution in [0.15, 0.2) is 23.3 Å². The van der Waals surface area contributed by atoms with Gasteiger partial charge < -0.3 is 0 Å². The van der Waals surface area contributed by atoms with E-state index in [2.05, 4.69) is 0 Å². The maximum absolute atomic E-state index is 7.84.